The number of aliphatic carboxylic acids is 1. The smallest absolute Gasteiger partial charge is 0.306 e. The van der Waals surface area contributed by atoms with E-state index in [0.29, 0.717) is 81.5 Å². The van der Waals surface area contributed by atoms with E-state index in [0.717, 1.165) is 166 Å². The Labute approximate surface area is 805 Å². The van der Waals surface area contributed by atoms with Crippen LogP contribution in [-0.2, 0) is 90.2 Å². The van der Waals surface area contributed by atoms with Gasteiger partial charge in [-0.05, 0) is 260 Å². The molecular weight excluding hydrogens is 1690 g/mol. The number of nitrogens with one attached hydrogen (secondary N) is 1. The Balaban J connectivity index is 0.000000149. The predicted molar refractivity (Wildman–Crippen MR) is 532 cm³/mol. The van der Waals surface area contributed by atoms with Crippen molar-refractivity contribution in [3.05, 3.63) is 287 Å². The number of carboxylic acids is 1. The zero-order chi connectivity index (χ0) is 94.3. The molecule has 6 atom stereocenters. The van der Waals surface area contributed by atoms with Gasteiger partial charge < -0.3 is 64.4 Å². The van der Waals surface area contributed by atoms with Crippen LogP contribution < -0.4 is 11.1 Å². The summed E-state index contributed by atoms with van der Waals surface area (Å²) in [6.45, 7) is 13.0. The van der Waals surface area contributed by atoms with E-state index < -0.39 is 5.97 Å². The van der Waals surface area contributed by atoms with E-state index in [-0.39, 0.29) is 91.6 Å². The number of Topliss-reactive ketones (excluding diaryl/α,β-unsaturated/α-hetero) is 2. The summed E-state index contributed by atoms with van der Waals surface area (Å²) in [5.41, 5.74) is 14.7. The maximum Gasteiger partial charge on any atom is 0.306 e. The number of benzene rings is 8. The molecule has 17 rings (SSSR count). The number of hydrogen-bond donors (Lipinski definition) is 5. The second-order valence-corrected chi connectivity index (χ2v) is 39.2. The molecule has 0 aromatic heterocycles. The van der Waals surface area contributed by atoms with Crippen LogP contribution in [0, 0.1) is 59.2 Å². The largest absolute Gasteiger partial charge is 0.481 e. The van der Waals surface area contributed by atoms with Gasteiger partial charge >= 0.3 is 11.9 Å². The molecule has 1 unspecified atom stereocenters. The fraction of sp³-hybridized carbons (Fsp3) is 0.543. The van der Waals surface area contributed by atoms with Gasteiger partial charge in [-0.15, -0.1) is 0 Å². The molecule has 0 radical (unpaired) electrons. The zero-order valence-corrected chi connectivity index (χ0v) is 80.5. The van der Waals surface area contributed by atoms with Crippen molar-refractivity contribution < 1.29 is 72.5 Å². The molecule has 9 aliphatic rings. The molecule has 6 N–H and O–H groups in total. The average molecular weight is 1850 g/mol. The third kappa shape index (κ3) is 34.9. The van der Waals surface area contributed by atoms with Crippen molar-refractivity contribution in [1.82, 2.24) is 15.1 Å². The van der Waals surface area contributed by atoms with Crippen molar-refractivity contribution >= 4 is 29.4 Å². The van der Waals surface area contributed by atoms with Gasteiger partial charge in [0.15, 0.2) is 0 Å². The summed E-state index contributed by atoms with van der Waals surface area (Å²) < 4.78 is 40.9. The second kappa shape index (κ2) is 58.7. The maximum absolute atomic E-state index is 12.9. The minimum Gasteiger partial charge on any atom is -0.481 e. The first-order valence-electron chi connectivity index (χ1n) is 51.3. The Bertz CT molecular complexity index is 4560. The summed E-state index contributed by atoms with van der Waals surface area (Å²) >= 11 is 0. The molecule has 9 fully saturated rings. The minimum absolute atomic E-state index is 0.00398. The number of aliphatic hydroxyl groups is 2. The number of ketones is 2. The van der Waals surface area contributed by atoms with E-state index in [1.165, 1.54) is 123 Å². The highest BCUT2D eigenvalue weighted by Crippen LogP contribution is 2.53. The van der Waals surface area contributed by atoms with Gasteiger partial charge in [-0.25, -0.2) is 0 Å². The summed E-state index contributed by atoms with van der Waals surface area (Å²) in [5.74, 6) is 4.90. The molecule has 135 heavy (non-hydrogen) atoms. The molecule has 5 aliphatic carbocycles. The number of likely N-dealkylation sites (tertiary alicyclic amines) is 1. The van der Waals surface area contributed by atoms with Gasteiger partial charge in [0.1, 0.15) is 17.3 Å². The third-order valence-electron chi connectivity index (χ3n) is 29.8. The fourth-order valence-electron chi connectivity index (χ4n) is 22.0. The molecule has 0 bridgehead atoms. The molecule has 4 aliphatic heterocycles. The SMILES string of the molecule is CCOC(=O)CCC(=O)C1CCC(COCc2ccccc2)CC1.NC(CO)c1ccccc1.O=C(O)CCC(=O)C1CCC(COCc2ccccc2)CC1.O=C1CC[C@@]2(C3CCC(COCc4ccccc4)CC3)OC[C@H](c3ccccc3)N12.OC[C@H](c1ccccc1)N1CCC[C@@H]1C1CCC(COCc2ccccc2)CC1.c1ccc(COCC2CCC([C@H]3CCCN3)CC2)cc1. The van der Waals surface area contributed by atoms with Gasteiger partial charge in [0.05, 0.1) is 90.4 Å². The molecule has 19 heteroatoms. The van der Waals surface area contributed by atoms with Crippen LogP contribution in [0.2, 0.25) is 0 Å². The average Bonchev–Trinajstić information content (AvgIpc) is 1.57. The molecule has 1 amide bonds. The van der Waals surface area contributed by atoms with Crippen LogP contribution in [0.1, 0.15) is 262 Å². The highest BCUT2D eigenvalue weighted by molar-refractivity contribution is 5.85. The summed E-state index contributed by atoms with van der Waals surface area (Å²) in [6.07, 6.45) is 30.3. The van der Waals surface area contributed by atoms with Gasteiger partial charge in [0.25, 0.3) is 0 Å². The topological polar surface area (TPSA) is 255 Å². The predicted octanol–water partition coefficient (Wildman–Crippen LogP) is 22.1. The van der Waals surface area contributed by atoms with Crippen molar-refractivity contribution in [2.45, 2.75) is 269 Å². The van der Waals surface area contributed by atoms with Crippen molar-refractivity contribution in [2.75, 3.05) is 72.6 Å². The number of rotatable bonds is 38. The normalized spacial score (nSPS) is 25.2. The number of carbonyl (C=O) groups is 5. The monoisotopic (exact) mass is 1850 g/mol. The van der Waals surface area contributed by atoms with Crippen LogP contribution in [0.5, 0.6) is 0 Å². The number of ether oxygens (including phenoxy) is 7. The lowest BCUT2D eigenvalue weighted by Crippen LogP contribution is -2.49. The van der Waals surface area contributed by atoms with E-state index in [1.54, 1.807) is 6.92 Å². The Morgan fingerprint density at radius 3 is 1.20 bits per heavy atom. The van der Waals surface area contributed by atoms with E-state index in [9.17, 15) is 29.1 Å². The molecule has 8 aromatic carbocycles. The molecule has 4 saturated heterocycles. The lowest BCUT2D eigenvalue weighted by molar-refractivity contribution is -0.151. The van der Waals surface area contributed by atoms with Gasteiger partial charge in [-0.3, -0.25) is 28.9 Å². The summed E-state index contributed by atoms with van der Waals surface area (Å²) in [4.78, 5) is 63.5. The first-order valence-corrected chi connectivity index (χ1v) is 51.3. The Hall–Kier alpha value is -8.93. The number of carboxylic acid groups (broad SMARTS) is 1. The van der Waals surface area contributed by atoms with Crippen LogP contribution in [0.4, 0.5) is 0 Å². The number of fused-ring (bicyclic) bond motifs is 1. The van der Waals surface area contributed by atoms with Gasteiger partial charge in [0.2, 0.25) is 5.91 Å². The standard InChI is InChI=1S/C26H31NO3.C26H35NO2.C20H28O4.C18H27NO.C18H24O4.C8H11NO/c28-25-15-16-26(27(25)24(19-30-26)22-9-5-2-6-10-22)23-13-11-21(12-14-23)18-29-17-20-7-3-1-4-8-20;28-18-26(23-10-5-2-6-11-23)27-17-7-12-25(27)24-15-13-22(14-16-24)20-29-19-21-8-3-1-4-9-21;1-2-24-20(22)13-12-19(21)18-10-8-17(9-11-18)15-23-14-16-6-4-3-5-7-16;1-2-5-15(6-3-1)13-20-14-16-8-10-17(11-9-16)18-7-4-12-19-18;19-17(10-11-18(20)21)16-8-6-15(7-9-16)13-22-12-14-4-2-1-3-5-14;9-8(6-10)7-4-2-1-3-5-7/h1-10,21,23-24H,11-19H2;1-6,8-11,22,24-26,28H,7,12-20H2;3-7,17-18H,2,8-15H2,1H3;1-3,5-6,16-19H,4,7-14H2;1-5,15-16H,6-13H2,(H,20,21);1-5,8,10H,6,9H2/t21?,23?,24-,26+;22?,24?,25-,26-;;16?,17?,18-;;/m11.1../s1. The van der Waals surface area contributed by atoms with Gasteiger partial charge in [0, 0.05) is 88.6 Å². The molecule has 19 nitrogen and oxygen atoms in total. The maximum atomic E-state index is 12.9. The number of nitrogens with zero attached hydrogens (tertiary/aromatic N) is 2. The summed E-state index contributed by atoms with van der Waals surface area (Å²) in [6, 6.07) is 83.5. The van der Waals surface area contributed by atoms with Crippen LogP contribution in [0.15, 0.2) is 243 Å². The molecule has 5 saturated carbocycles. The fourth-order valence-corrected chi connectivity index (χ4v) is 22.0. The molecule has 730 valence electrons. The zero-order valence-electron chi connectivity index (χ0n) is 80.5. The first-order chi connectivity index (χ1) is 66.2. The third-order valence-corrected chi connectivity index (χ3v) is 29.8. The van der Waals surface area contributed by atoms with Crippen LogP contribution >= 0.6 is 0 Å². The first kappa shape index (κ1) is 105. The van der Waals surface area contributed by atoms with Crippen LogP contribution in [-0.4, -0.2) is 145 Å². The summed E-state index contributed by atoms with van der Waals surface area (Å²) in [7, 11) is 0. The lowest BCUT2D eigenvalue weighted by atomic mass is 9.76. The highest BCUT2D eigenvalue weighted by atomic mass is 16.5. The van der Waals surface area contributed by atoms with Crippen molar-refractivity contribution in [3.63, 3.8) is 0 Å². The quantitative estimate of drug-likeness (QED) is 0.0225. The van der Waals surface area contributed by atoms with Crippen LogP contribution in [0.3, 0.4) is 0 Å². The molecular formula is C116H156N4O15. The van der Waals surface area contributed by atoms with E-state index in [4.69, 9.17) is 49.1 Å². The number of carbonyl (C=O) groups excluding carboxylic acids is 4. The lowest BCUT2D eigenvalue weighted by Gasteiger charge is -2.43. The van der Waals surface area contributed by atoms with E-state index in [2.05, 4.69) is 179 Å². The van der Waals surface area contributed by atoms with Gasteiger partial charge in [-0.1, -0.05) is 243 Å². The van der Waals surface area contributed by atoms with Gasteiger partial charge in [-0.2, -0.15) is 0 Å². The number of aliphatic hydroxyl groups excluding tert-OH is 2. The van der Waals surface area contributed by atoms with E-state index in [1.807, 2.05) is 78.9 Å². The molecule has 4 heterocycles. The minimum atomic E-state index is -0.892. The molecule has 8 aromatic rings. The van der Waals surface area contributed by atoms with Crippen molar-refractivity contribution in [3.8, 4) is 0 Å². The molecule has 0 spiro atoms. The van der Waals surface area contributed by atoms with E-state index >= 15 is 0 Å². The van der Waals surface area contributed by atoms with Crippen LogP contribution in [0.25, 0.3) is 0 Å². The highest BCUT2D eigenvalue weighted by Gasteiger charge is 2.59. The Morgan fingerprint density at radius 2 is 0.815 bits per heavy atom. The number of amides is 1. The summed E-state index contributed by atoms with van der Waals surface area (Å²) in [5, 5.41) is 31.1. The number of hydrogen-bond acceptors (Lipinski definition) is 17. The van der Waals surface area contributed by atoms with Crippen molar-refractivity contribution in [1.29, 1.82) is 0 Å². The Morgan fingerprint density at radius 1 is 0.437 bits per heavy atom. The number of esters is 1. The number of nitrogens with two attached hydrogens (primary N) is 1. The second-order valence-electron chi connectivity index (χ2n) is 39.2. The Kier molecular flexibility index (Phi) is 45.7. The van der Waals surface area contributed by atoms with Crippen molar-refractivity contribution in [2.24, 2.45) is 64.9 Å².